The van der Waals surface area contributed by atoms with Crippen LogP contribution in [0.15, 0.2) is 18.2 Å². The number of esters is 1. The number of hydrogen-bond acceptors (Lipinski definition) is 5. The van der Waals surface area contributed by atoms with Gasteiger partial charge >= 0.3 is 5.97 Å². The summed E-state index contributed by atoms with van der Waals surface area (Å²) in [5, 5.41) is 5.36. The third-order valence-electron chi connectivity index (χ3n) is 3.47. The Labute approximate surface area is 149 Å². The fraction of sp³-hybridized carbons (Fsp3) is 0.438. The summed E-state index contributed by atoms with van der Waals surface area (Å²) in [5.41, 5.74) is 1.50. The second kappa shape index (κ2) is 8.39. The maximum absolute atomic E-state index is 12.1. The van der Waals surface area contributed by atoms with Crippen LogP contribution in [-0.4, -0.2) is 41.4 Å². The second-order valence-corrected chi connectivity index (χ2v) is 6.99. The second-order valence-electron chi connectivity index (χ2n) is 5.35. The van der Waals surface area contributed by atoms with Gasteiger partial charge in [0.1, 0.15) is 6.04 Å². The van der Waals surface area contributed by atoms with E-state index in [1.54, 1.807) is 19.1 Å². The standard InChI is InChI=1S/C16H19ClN2O4S/c1-3-23-16(22)12-8-24-13(15(21)19-12)7-14(20)18-10-5-4-9(2)11(17)6-10/h4-6,12-13H,3,7-8H2,1-2H3,(H,18,20)(H,19,21). The predicted octanol–water partition coefficient (Wildman–Crippen LogP) is 2.14. The SMILES string of the molecule is CCOC(=O)C1CSC(CC(=O)Nc2ccc(C)c(Cl)c2)C(=O)N1. The van der Waals surface area contributed by atoms with Gasteiger partial charge in [-0.05, 0) is 31.5 Å². The summed E-state index contributed by atoms with van der Waals surface area (Å²) in [5.74, 6) is -0.673. The average molecular weight is 371 g/mol. The monoisotopic (exact) mass is 370 g/mol. The average Bonchev–Trinajstić information content (AvgIpc) is 2.53. The van der Waals surface area contributed by atoms with E-state index in [9.17, 15) is 14.4 Å². The molecule has 1 aliphatic rings. The van der Waals surface area contributed by atoms with E-state index in [4.69, 9.17) is 16.3 Å². The third-order valence-corrected chi connectivity index (χ3v) is 5.19. The van der Waals surface area contributed by atoms with Crippen LogP contribution in [-0.2, 0) is 19.1 Å². The van der Waals surface area contributed by atoms with E-state index >= 15 is 0 Å². The Bertz CT molecular complexity index is 653. The molecule has 0 aromatic heterocycles. The number of thioether (sulfide) groups is 1. The minimum atomic E-state index is -0.655. The molecule has 1 saturated heterocycles. The highest BCUT2D eigenvalue weighted by atomic mass is 35.5. The number of ether oxygens (including phenoxy) is 1. The van der Waals surface area contributed by atoms with Gasteiger partial charge in [-0.15, -0.1) is 11.8 Å². The van der Waals surface area contributed by atoms with Crippen LogP contribution in [0.4, 0.5) is 5.69 Å². The van der Waals surface area contributed by atoms with Gasteiger partial charge in [-0.2, -0.15) is 0 Å². The van der Waals surface area contributed by atoms with Crippen molar-refractivity contribution in [2.45, 2.75) is 31.6 Å². The van der Waals surface area contributed by atoms with Crippen LogP contribution in [0.3, 0.4) is 0 Å². The zero-order chi connectivity index (χ0) is 17.7. The maximum Gasteiger partial charge on any atom is 0.329 e. The highest BCUT2D eigenvalue weighted by molar-refractivity contribution is 8.00. The van der Waals surface area contributed by atoms with Gasteiger partial charge in [-0.3, -0.25) is 9.59 Å². The fourth-order valence-electron chi connectivity index (χ4n) is 2.17. The Hall–Kier alpha value is -1.73. The van der Waals surface area contributed by atoms with Crippen molar-refractivity contribution in [1.82, 2.24) is 5.32 Å². The molecular formula is C16H19ClN2O4S. The van der Waals surface area contributed by atoms with Gasteiger partial charge in [0.15, 0.2) is 0 Å². The van der Waals surface area contributed by atoms with Crippen molar-refractivity contribution in [1.29, 1.82) is 0 Å². The summed E-state index contributed by atoms with van der Waals surface area (Å²) in [4.78, 5) is 35.8. The number of benzene rings is 1. The number of anilines is 1. The maximum atomic E-state index is 12.1. The van der Waals surface area contributed by atoms with Crippen LogP contribution in [0.5, 0.6) is 0 Å². The van der Waals surface area contributed by atoms with Gasteiger partial charge in [0.05, 0.1) is 11.9 Å². The molecule has 0 bridgehead atoms. The van der Waals surface area contributed by atoms with Crippen molar-refractivity contribution in [2.24, 2.45) is 0 Å². The molecule has 1 aromatic rings. The largest absolute Gasteiger partial charge is 0.464 e. The Morgan fingerprint density at radius 1 is 1.46 bits per heavy atom. The summed E-state index contributed by atoms with van der Waals surface area (Å²) in [7, 11) is 0. The molecule has 2 rings (SSSR count). The van der Waals surface area contributed by atoms with E-state index < -0.39 is 17.3 Å². The Morgan fingerprint density at radius 3 is 2.83 bits per heavy atom. The molecule has 0 saturated carbocycles. The molecular weight excluding hydrogens is 352 g/mol. The van der Waals surface area contributed by atoms with E-state index in [1.165, 1.54) is 11.8 Å². The molecule has 1 aromatic carbocycles. The summed E-state index contributed by atoms with van der Waals surface area (Å²) < 4.78 is 4.89. The van der Waals surface area contributed by atoms with Gasteiger partial charge in [0.25, 0.3) is 0 Å². The molecule has 0 radical (unpaired) electrons. The van der Waals surface area contributed by atoms with Crippen LogP contribution in [0, 0.1) is 6.92 Å². The zero-order valence-electron chi connectivity index (χ0n) is 13.4. The lowest BCUT2D eigenvalue weighted by atomic mass is 10.2. The molecule has 2 unspecified atom stereocenters. The van der Waals surface area contributed by atoms with E-state index in [1.807, 2.05) is 13.0 Å². The highest BCUT2D eigenvalue weighted by Gasteiger charge is 2.34. The van der Waals surface area contributed by atoms with E-state index in [-0.39, 0.29) is 24.8 Å². The predicted molar refractivity (Wildman–Crippen MR) is 94.2 cm³/mol. The molecule has 0 spiro atoms. The van der Waals surface area contributed by atoms with Crippen molar-refractivity contribution >= 4 is 46.8 Å². The molecule has 1 fully saturated rings. The first kappa shape index (κ1) is 18.6. The van der Waals surface area contributed by atoms with Gasteiger partial charge in [-0.1, -0.05) is 17.7 Å². The van der Waals surface area contributed by atoms with Crippen molar-refractivity contribution in [3.05, 3.63) is 28.8 Å². The molecule has 0 aliphatic carbocycles. The molecule has 8 heteroatoms. The summed E-state index contributed by atoms with van der Waals surface area (Å²) in [6.45, 7) is 3.85. The minimum absolute atomic E-state index is 0.0253. The molecule has 6 nitrogen and oxygen atoms in total. The lowest BCUT2D eigenvalue weighted by Gasteiger charge is -2.27. The number of rotatable bonds is 5. The summed E-state index contributed by atoms with van der Waals surface area (Å²) in [6, 6.07) is 4.57. The van der Waals surface area contributed by atoms with Crippen molar-refractivity contribution in [2.75, 3.05) is 17.7 Å². The summed E-state index contributed by atoms with van der Waals surface area (Å²) in [6.07, 6.45) is 0.0253. The number of halogens is 1. The number of carbonyl (C=O) groups excluding carboxylic acids is 3. The van der Waals surface area contributed by atoms with Crippen molar-refractivity contribution in [3.63, 3.8) is 0 Å². The molecule has 1 heterocycles. The molecule has 130 valence electrons. The third kappa shape index (κ3) is 4.88. The van der Waals surface area contributed by atoms with E-state index in [2.05, 4.69) is 10.6 Å². The minimum Gasteiger partial charge on any atom is -0.464 e. The number of nitrogens with one attached hydrogen (secondary N) is 2. The van der Waals surface area contributed by atoms with Gasteiger partial charge in [0, 0.05) is 22.9 Å². The molecule has 2 N–H and O–H groups in total. The van der Waals surface area contributed by atoms with Crippen LogP contribution in [0.2, 0.25) is 5.02 Å². The van der Waals surface area contributed by atoms with Crippen LogP contribution in [0.25, 0.3) is 0 Å². The lowest BCUT2D eigenvalue weighted by molar-refractivity contribution is -0.146. The Morgan fingerprint density at radius 2 is 2.21 bits per heavy atom. The van der Waals surface area contributed by atoms with Gasteiger partial charge < -0.3 is 15.4 Å². The van der Waals surface area contributed by atoms with E-state index in [0.29, 0.717) is 16.5 Å². The van der Waals surface area contributed by atoms with Crippen molar-refractivity contribution in [3.8, 4) is 0 Å². The van der Waals surface area contributed by atoms with Crippen LogP contribution >= 0.6 is 23.4 Å². The number of carbonyl (C=O) groups is 3. The summed E-state index contributed by atoms with van der Waals surface area (Å²) >= 11 is 7.30. The molecule has 1 aliphatic heterocycles. The van der Waals surface area contributed by atoms with Crippen LogP contribution in [0.1, 0.15) is 18.9 Å². The molecule has 2 atom stereocenters. The Balaban J connectivity index is 1.87. The first-order valence-electron chi connectivity index (χ1n) is 7.55. The number of amides is 2. The quantitative estimate of drug-likeness (QED) is 0.776. The van der Waals surface area contributed by atoms with Crippen LogP contribution < -0.4 is 10.6 Å². The normalized spacial score (nSPS) is 20.2. The first-order chi connectivity index (χ1) is 11.4. The zero-order valence-corrected chi connectivity index (χ0v) is 15.0. The smallest absolute Gasteiger partial charge is 0.329 e. The van der Waals surface area contributed by atoms with Gasteiger partial charge in [-0.25, -0.2) is 4.79 Å². The number of aryl methyl sites for hydroxylation is 1. The molecule has 2 amide bonds. The highest BCUT2D eigenvalue weighted by Crippen LogP contribution is 2.23. The molecule has 24 heavy (non-hydrogen) atoms. The Kier molecular flexibility index (Phi) is 6.51. The topological polar surface area (TPSA) is 84.5 Å². The van der Waals surface area contributed by atoms with E-state index in [0.717, 1.165) is 5.56 Å². The van der Waals surface area contributed by atoms with Crippen molar-refractivity contribution < 1.29 is 19.1 Å². The number of hydrogen-bond donors (Lipinski definition) is 2. The fourth-order valence-corrected chi connectivity index (χ4v) is 3.48. The lowest BCUT2D eigenvalue weighted by Crippen LogP contribution is -2.51. The first-order valence-corrected chi connectivity index (χ1v) is 8.98. The van der Waals surface area contributed by atoms with Gasteiger partial charge in [0.2, 0.25) is 11.8 Å².